The molecule has 0 fully saturated rings. The van der Waals surface area contributed by atoms with E-state index in [0.29, 0.717) is 5.00 Å². The Bertz CT molecular complexity index is 563. The lowest BCUT2D eigenvalue weighted by Crippen LogP contribution is -2.34. The summed E-state index contributed by atoms with van der Waals surface area (Å²) in [4.78, 5) is 22.1. The molecule has 0 spiro atoms. The Kier molecular flexibility index (Phi) is 4.43. The second-order valence-electron chi connectivity index (χ2n) is 3.57. The van der Waals surface area contributed by atoms with Gasteiger partial charge in [-0.3, -0.25) is 4.79 Å². The Morgan fingerprint density at radius 2 is 2.11 bits per heavy atom. The second-order valence-corrected chi connectivity index (χ2v) is 6.57. The first kappa shape index (κ1) is 14.6. The molecule has 0 aliphatic carbocycles. The first-order chi connectivity index (χ1) is 8.20. The highest BCUT2D eigenvalue weighted by Crippen LogP contribution is 2.20. The quantitative estimate of drug-likeness (QED) is 0.811. The lowest BCUT2D eigenvalue weighted by molar-refractivity contribution is -0.116. The molecule has 0 aliphatic heterocycles. The number of anilines is 1. The van der Waals surface area contributed by atoms with E-state index < -0.39 is 21.9 Å². The monoisotopic (exact) mass is 292 g/mol. The van der Waals surface area contributed by atoms with Gasteiger partial charge in [-0.15, -0.1) is 11.3 Å². The third-order valence-electron chi connectivity index (χ3n) is 2.04. The smallest absolute Gasteiger partial charge is 0.336 e. The van der Waals surface area contributed by atoms with Crippen molar-refractivity contribution in [2.45, 2.75) is 0 Å². The number of carboxylic acid groups (broad SMARTS) is 1. The minimum Gasteiger partial charge on any atom is -0.478 e. The van der Waals surface area contributed by atoms with Crippen LogP contribution in [0, 0.1) is 0 Å². The predicted molar refractivity (Wildman–Crippen MR) is 67.4 cm³/mol. The number of hydrogen-bond acceptors (Lipinski definition) is 5. The Morgan fingerprint density at radius 3 is 2.56 bits per heavy atom. The van der Waals surface area contributed by atoms with Crippen molar-refractivity contribution >= 4 is 38.2 Å². The zero-order chi connectivity index (χ0) is 13.9. The molecule has 1 aromatic rings. The van der Waals surface area contributed by atoms with Crippen LogP contribution < -0.4 is 5.32 Å². The molecule has 1 aromatic heterocycles. The summed E-state index contributed by atoms with van der Waals surface area (Å²) in [5.41, 5.74) is 0.0757. The van der Waals surface area contributed by atoms with Gasteiger partial charge < -0.3 is 10.4 Å². The van der Waals surface area contributed by atoms with Crippen LogP contribution in [0.5, 0.6) is 0 Å². The van der Waals surface area contributed by atoms with Crippen molar-refractivity contribution < 1.29 is 23.1 Å². The fourth-order valence-electron chi connectivity index (χ4n) is 1.01. The number of sulfonamides is 1. The van der Waals surface area contributed by atoms with Crippen LogP contribution >= 0.6 is 11.3 Å². The summed E-state index contributed by atoms with van der Waals surface area (Å²) in [6.07, 6.45) is 0.994. The van der Waals surface area contributed by atoms with Crippen LogP contribution in [0.3, 0.4) is 0 Å². The molecular formula is C9H12N2O5S2. The van der Waals surface area contributed by atoms with Crippen LogP contribution in [-0.4, -0.2) is 49.6 Å². The van der Waals surface area contributed by atoms with E-state index in [4.69, 9.17) is 5.11 Å². The molecule has 0 bridgehead atoms. The molecule has 0 aliphatic rings. The summed E-state index contributed by atoms with van der Waals surface area (Å²) in [5, 5.41) is 12.9. The maximum Gasteiger partial charge on any atom is 0.336 e. The number of carboxylic acids is 1. The maximum absolute atomic E-state index is 11.5. The van der Waals surface area contributed by atoms with Gasteiger partial charge >= 0.3 is 5.97 Å². The summed E-state index contributed by atoms with van der Waals surface area (Å²) in [6.45, 7) is -0.320. The minimum absolute atomic E-state index is 0.0757. The van der Waals surface area contributed by atoms with E-state index in [-0.39, 0.29) is 12.1 Å². The average Bonchev–Trinajstić information content (AvgIpc) is 2.64. The number of rotatable bonds is 5. The lowest BCUT2D eigenvalue weighted by atomic mass is 10.3. The highest BCUT2D eigenvalue weighted by molar-refractivity contribution is 7.88. The SMILES string of the molecule is CN(CC(=O)Nc1cc(C(=O)O)cs1)S(C)(=O)=O. The van der Waals surface area contributed by atoms with Gasteiger partial charge in [0.05, 0.1) is 23.4 Å². The number of hydrogen-bond donors (Lipinski definition) is 2. The lowest BCUT2D eigenvalue weighted by Gasteiger charge is -2.12. The van der Waals surface area contributed by atoms with Gasteiger partial charge in [-0.25, -0.2) is 13.2 Å². The van der Waals surface area contributed by atoms with Gasteiger partial charge in [0.2, 0.25) is 15.9 Å². The van der Waals surface area contributed by atoms with Crippen molar-refractivity contribution in [3.05, 3.63) is 17.0 Å². The summed E-state index contributed by atoms with van der Waals surface area (Å²) < 4.78 is 23.1. The first-order valence-corrected chi connectivity index (χ1v) is 7.46. The number of nitrogens with zero attached hydrogens (tertiary/aromatic N) is 1. The molecule has 0 saturated heterocycles. The van der Waals surface area contributed by atoms with Crippen LogP contribution in [0.15, 0.2) is 11.4 Å². The van der Waals surface area contributed by atoms with Gasteiger partial charge in [0.15, 0.2) is 0 Å². The van der Waals surface area contributed by atoms with Crippen LogP contribution in [0.25, 0.3) is 0 Å². The molecule has 2 N–H and O–H groups in total. The average molecular weight is 292 g/mol. The van der Waals surface area contributed by atoms with Crippen molar-refractivity contribution in [2.75, 3.05) is 25.2 Å². The number of carbonyl (C=O) groups excluding carboxylic acids is 1. The fourth-order valence-corrected chi connectivity index (χ4v) is 2.15. The number of thiophene rings is 1. The molecule has 1 rings (SSSR count). The Hall–Kier alpha value is -1.45. The Labute approximate surface area is 108 Å². The maximum atomic E-state index is 11.5. The van der Waals surface area contributed by atoms with E-state index in [1.165, 1.54) is 18.5 Å². The van der Waals surface area contributed by atoms with E-state index in [0.717, 1.165) is 21.9 Å². The van der Waals surface area contributed by atoms with Crippen molar-refractivity contribution in [3.63, 3.8) is 0 Å². The molecule has 1 heterocycles. The number of likely N-dealkylation sites (N-methyl/N-ethyl adjacent to an activating group) is 1. The molecule has 0 radical (unpaired) electrons. The van der Waals surface area contributed by atoms with E-state index >= 15 is 0 Å². The summed E-state index contributed by atoms with van der Waals surface area (Å²) in [5.74, 6) is -1.61. The molecule has 100 valence electrons. The number of nitrogens with one attached hydrogen (secondary N) is 1. The topological polar surface area (TPSA) is 104 Å². The molecule has 0 atom stereocenters. The van der Waals surface area contributed by atoms with Crippen LogP contribution in [0.4, 0.5) is 5.00 Å². The van der Waals surface area contributed by atoms with E-state index in [9.17, 15) is 18.0 Å². The minimum atomic E-state index is -3.42. The van der Waals surface area contributed by atoms with Crippen LogP contribution in [0.1, 0.15) is 10.4 Å². The molecule has 7 nitrogen and oxygen atoms in total. The first-order valence-electron chi connectivity index (χ1n) is 4.73. The van der Waals surface area contributed by atoms with Gasteiger partial charge in [-0.2, -0.15) is 4.31 Å². The molecule has 9 heteroatoms. The van der Waals surface area contributed by atoms with Gasteiger partial charge in [0.1, 0.15) is 0 Å². The largest absolute Gasteiger partial charge is 0.478 e. The molecule has 1 amide bonds. The van der Waals surface area contributed by atoms with Gasteiger partial charge in [-0.1, -0.05) is 0 Å². The van der Waals surface area contributed by atoms with Crippen LogP contribution in [0.2, 0.25) is 0 Å². The third kappa shape index (κ3) is 4.09. The van der Waals surface area contributed by atoms with E-state index in [1.807, 2.05) is 0 Å². The predicted octanol–water partition coefficient (Wildman–Crippen LogP) is 0.276. The molecular weight excluding hydrogens is 280 g/mol. The van der Waals surface area contributed by atoms with Crippen molar-refractivity contribution in [2.24, 2.45) is 0 Å². The van der Waals surface area contributed by atoms with Crippen molar-refractivity contribution in [1.29, 1.82) is 0 Å². The molecule has 18 heavy (non-hydrogen) atoms. The molecule has 0 saturated carbocycles. The van der Waals surface area contributed by atoms with E-state index in [1.54, 1.807) is 0 Å². The molecule has 0 unspecified atom stereocenters. The fraction of sp³-hybridized carbons (Fsp3) is 0.333. The summed E-state index contributed by atoms with van der Waals surface area (Å²) in [6, 6.07) is 1.31. The zero-order valence-corrected chi connectivity index (χ0v) is 11.3. The highest BCUT2D eigenvalue weighted by Gasteiger charge is 2.16. The molecule has 0 aromatic carbocycles. The Balaban J connectivity index is 2.62. The normalized spacial score (nSPS) is 11.5. The third-order valence-corrected chi connectivity index (χ3v) is 4.15. The highest BCUT2D eigenvalue weighted by atomic mass is 32.2. The summed E-state index contributed by atoms with van der Waals surface area (Å²) in [7, 11) is -2.13. The van der Waals surface area contributed by atoms with Crippen molar-refractivity contribution in [3.8, 4) is 0 Å². The van der Waals surface area contributed by atoms with Crippen LogP contribution in [-0.2, 0) is 14.8 Å². The number of carbonyl (C=O) groups is 2. The van der Waals surface area contributed by atoms with Gasteiger partial charge in [0, 0.05) is 12.4 Å². The number of amides is 1. The van der Waals surface area contributed by atoms with Crippen molar-refractivity contribution in [1.82, 2.24) is 4.31 Å². The van der Waals surface area contributed by atoms with Gasteiger partial charge in [0.25, 0.3) is 0 Å². The zero-order valence-electron chi connectivity index (χ0n) is 9.71. The Morgan fingerprint density at radius 1 is 1.50 bits per heavy atom. The van der Waals surface area contributed by atoms with Gasteiger partial charge in [-0.05, 0) is 6.07 Å². The summed E-state index contributed by atoms with van der Waals surface area (Å²) >= 11 is 1.06. The van der Waals surface area contributed by atoms with E-state index in [2.05, 4.69) is 5.32 Å². The standard InChI is InChI=1S/C9H12N2O5S2/c1-11(18(2,15)16)4-7(12)10-8-3-6(5-17-8)9(13)14/h3,5H,4H2,1-2H3,(H,10,12)(H,13,14). The number of aromatic carboxylic acids is 1. The second kappa shape index (κ2) is 5.46.